The number of ether oxygens (including phenoxy) is 3. The molecule has 0 bridgehead atoms. The van der Waals surface area contributed by atoms with E-state index in [4.69, 9.17) is 49.0 Å². The first-order valence-electron chi connectivity index (χ1n) is 13.5. The van der Waals surface area contributed by atoms with Gasteiger partial charge >= 0.3 is 5.97 Å². The lowest BCUT2D eigenvalue weighted by atomic mass is 9.96. The zero-order valence-corrected chi connectivity index (χ0v) is 26.6. The quantitative estimate of drug-likeness (QED) is 0.187. The second kappa shape index (κ2) is 13.4. The van der Waals surface area contributed by atoms with Gasteiger partial charge in [0.1, 0.15) is 6.61 Å². The molecule has 5 rings (SSSR count). The fraction of sp³-hybridized carbons (Fsp3) is 0.219. The van der Waals surface area contributed by atoms with Crippen molar-refractivity contribution >= 4 is 58.2 Å². The molecule has 2 heterocycles. The summed E-state index contributed by atoms with van der Waals surface area (Å²) in [5.41, 5.74) is 2.73. The minimum absolute atomic E-state index is 0.190. The molecule has 0 N–H and O–H groups in total. The number of carbonyl (C=O) groups excluding carboxylic acids is 1. The number of thiazole rings is 1. The van der Waals surface area contributed by atoms with Crippen LogP contribution in [0.25, 0.3) is 6.08 Å². The monoisotopic (exact) mass is 656 g/mol. The first-order valence-corrected chi connectivity index (χ1v) is 15.4. The smallest absolute Gasteiger partial charge is 0.338 e. The maximum Gasteiger partial charge on any atom is 0.338 e. The lowest BCUT2D eigenvalue weighted by molar-refractivity contribution is -0.139. The largest absolute Gasteiger partial charge is 0.490 e. The highest BCUT2D eigenvalue weighted by molar-refractivity contribution is 7.07. The summed E-state index contributed by atoms with van der Waals surface area (Å²) in [5, 5.41) is 1.51. The maximum absolute atomic E-state index is 13.9. The predicted octanol–water partition coefficient (Wildman–Crippen LogP) is 6.74. The summed E-state index contributed by atoms with van der Waals surface area (Å²) in [6, 6.07) is 17.1. The molecule has 11 heteroatoms. The van der Waals surface area contributed by atoms with Crippen LogP contribution in [0.15, 0.2) is 81.7 Å². The van der Waals surface area contributed by atoms with Crippen molar-refractivity contribution < 1.29 is 19.0 Å². The van der Waals surface area contributed by atoms with E-state index in [1.807, 2.05) is 19.1 Å². The minimum Gasteiger partial charge on any atom is -0.490 e. The van der Waals surface area contributed by atoms with Crippen LogP contribution >= 0.6 is 46.1 Å². The minimum atomic E-state index is -0.735. The predicted molar refractivity (Wildman–Crippen MR) is 170 cm³/mol. The van der Waals surface area contributed by atoms with E-state index in [1.165, 1.54) is 15.9 Å². The van der Waals surface area contributed by atoms with Gasteiger partial charge in [-0.15, -0.1) is 0 Å². The van der Waals surface area contributed by atoms with Crippen molar-refractivity contribution in [2.75, 3.05) is 13.2 Å². The van der Waals surface area contributed by atoms with Crippen LogP contribution in [0.2, 0.25) is 15.1 Å². The molecule has 4 aromatic rings. The Labute approximate surface area is 267 Å². The average molecular weight is 658 g/mol. The number of aromatic nitrogens is 1. The normalized spacial score (nSPS) is 14.7. The van der Waals surface area contributed by atoms with Gasteiger partial charge in [0, 0.05) is 10.0 Å². The van der Waals surface area contributed by atoms with Gasteiger partial charge in [-0.2, -0.15) is 0 Å². The summed E-state index contributed by atoms with van der Waals surface area (Å²) in [4.78, 5) is 32.1. The van der Waals surface area contributed by atoms with Crippen molar-refractivity contribution in [1.29, 1.82) is 0 Å². The first kappa shape index (κ1) is 30.9. The fourth-order valence-corrected chi connectivity index (χ4v) is 6.29. The summed E-state index contributed by atoms with van der Waals surface area (Å²) in [6.45, 7) is 6.18. The molecule has 0 amide bonds. The zero-order valence-electron chi connectivity index (χ0n) is 23.5. The van der Waals surface area contributed by atoms with Gasteiger partial charge in [0.15, 0.2) is 16.3 Å². The molecule has 0 unspecified atom stereocenters. The van der Waals surface area contributed by atoms with Gasteiger partial charge in [0.05, 0.1) is 40.1 Å². The van der Waals surface area contributed by atoms with Crippen LogP contribution in [0.1, 0.15) is 43.5 Å². The zero-order chi connectivity index (χ0) is 30.7. The second-order valence-corrected chi connectivity index (χ2v) is 11.8. The summed E-state index contributed by atoms with van der Waals surface area (Å²) in [6.07, 6.45) is 1.73. The third kappa shape index (κ3) is 6.68. The van der Waals surface area contributed by atoms with Gasteiger partial charge in [-0.05, 0) is 79.9 Å². The molecule has 0 saturated heterocycles. The Hall–Kier alpha value is -3.56. The number of fused-ring (bicyclic) bond motifs is 1. The molecule has 222 valence electrons. The van der Waals surface area contributed by atoms with Gasteiger partial charge in [-0.1, -0.05) is 70.4 Å². The Bertz CT molecular complexity index is 1880. The third-order valence-corrected chi connectivity index (χ3v) is 8.40. The van der Waals surface area contributed by atoms with E-state index in [-0.39, 0.29) is 18.8 Å². The lowest BCUT2D eigenvalue weighted by Gasteiger charge is -2.24. The van der Waals surface area contributed by atoms with Gasteiger partial charge in [0.2, 0.25) is 0 Å². The van der Waals surface area contributed by atoms with E-state index in [0.29, 0.717) is 64.9 Å². The molecule has 43 heavy (non-hydrogen) atoms. The summed E-state index contributed by atoms with van der Waals surface area (Å²) < 4.78 is 19.2. The number of hydrogen-bond donors (Lipinski definition) is 0. The molecule has 0 aliphatic carbocycles. The van der Waals surface area contributed by atoms with E-state index in [1.54, 1.807) is 68.5 Å². The average Bonchev–Trinajstić information content (AvgIpc) is 3.27. The Kier molecular flexibility index (Phi) is 9.62. The van der Waals surface area contributed by atoms with Crippen molar-refractivity contribution in [2.45, 2.75) is 33.4 Å². The number of halogens is 3. The maximum atomic E-state index is 13.9. The number of rotatable bonds is 9. The molecule has 0 radical (unpaired) electrons. The van der Waals surface area contributed by atoms with Crippen LogP contribution in [0.3, 0.4) is 0 Å². The number of benzene rings is 3. The van der Waals surface area contributed by atoms with Crippen LogP contribution in [0, 0.1) is 0 Å². The summed E-state index contributed by atoms with van der Waals surface area (Å²) >= 11 is 20.0. The summed E-state index contributed by atoms with van der Waals surface area (Å²) in [7, 11) is 0. The number of esters is 1. The molecule has 3 aromatic carbocycles. The van der Waals surface area contributed by atoms with Gasteiger partial charge in [-0.25, -0.2) is 9.79 Å². The van der Waals surface area contributed by atoms with Gasteiger partial charge in [0.25, 0.3) is 5.56 Å². The highest BCUT2D eigenvalue weighted by atomic mass is 35.5. The Morgan fingerprint density at radius 1 is 0.977 bits per heavy atom. The van der Waals surface area contributed by atoms with Crippen molar-refractivity contribution in [3.05, 3.63) is 123 Å². The third-order valence-electron chi connectivity index (χ3n) is 6.63. The van der Waals surface area contributed by atoms with Crippen molar-refractivity contribution in [3.63, 3.8) is 0 Å². The molecule has 1 atom stereocenters. The summed E-state index contributed by atoms with van der Waals surface area (Å²) in [5.74, 6) is 0.317. The molecular weight excluding hydrogens is 631 g/mol. The topological polar surface area (TPSA) is 79.1 Å². The van der Waals surface area contributed by atoms with Crippen LogP contribution in [-0.4, -0.2) is 23.8 Å². The highest BCUT2D eigenvalue weighted by Crippen LogP contribution is 2.38. The molecule has 7 nitrogen and oxygen atoms in total. The van der Waals surface area contributed by atoms with E-state index >= 15 is 0 Å². The molecule has 1 aliphatic rings. The van der Waals surface area contributed by atoms with Crippen LogP contribution < -0.4 is 24.4 Å². The standard InChI is InChI=1S/C32H27Cl3N2O5S/c1-4-40-25-15-20(14-24(35)29(25)42-17-19-6-10-22(33)11-7-19)16-26-30(38)37-28(21-8-12-23(34)13-9-21)27(31(39)41-5-2)18(3)36-32(37)43-26/h6-16,28H,4-5,17H2,1-3H3/b26-16-/t28-/m0/s1. The van der Waals surface area contributed by atoms with E-state index < -0.39 is 12.0 Å². The Morgan fingerprint density at radius 3 is 2.30 bits per heavy atom. The molecule has 0 fully saturated rings. The van der Waals surface area contributed by atoms with Crippen LogP contribution in [0.5, 0.6) is 11.5 Å². The Balaban J connectivity index is 1.58. The van der Waals surface area contributed by atoms with Gasteiger partial charge in [-0.3, -0.25) is 9.36 Å². The number of allylic oxidation sites excluding steroid dienone is 1. The van der Waals surface area contributed by atoms with E-state index in [9.17, 15) is 9.59 Å². The van der Waals surface area contributed by atoms with E-state index in [2.05, 4.69) is 4.99 Å². The van der Waals surface area contributed by atoms with Crippen LogP contribution in [0.4, 0.5) is 0 Å². The van der Waals surface area contributed by atoms with Gasteiger partial charge < -0.3 is 14.2 Å². The number of hydrogen-bond acceptors (Lipinski definition) is 7. The molecule has 1 aliphatic heterocycles. The lowest BCUT2D eigenvalue weighted by Crippen LogP contribution is -2.39. The fourth-order valence-electron chi connectivity index (χ4n) is 4.71. The molecular formula is C32H27Cl3N2O5S. The van der Waals surface area contributed by atoms with Crippen molar-refractivity contribution in [1.82, 2.24) is 4.57 Å². The first-order chi connectivity index (χ1) is 20.7. The SMILES string of the molecule is CCOC(=O)C1=C(C)N=c2s/c(=C\c3cc(Cl)c(OCc4ccc(Cl)cc4)c(OCC)c3)c(=O)n2[C@H]1c1ccc(Cl)cc1. The molecule has 0 spiro atoms. The number of nitrogens with zero attached hydrogens (tertiary/aromatic N) is 2. The van der Waals surface area contributed by atoms with E-state index in [0.717, 1.165) is 5.56 Å². The van der Waals surface area contributed by atoms with Crippen LogP contribution in [-0.2, 0) is 16.1 Å². The molecule has 0 saturated carbocycles. The van der Waals surface area contributed by atoms with Crippen molar-refractivity contribution in [2.24, 2.45) is 4.99 Å². The second-order valence-electron chi connectivity index (χ2n) is 9.53. The molecule has 1 aromatic heterocycles. The number of carbonyl (C=O) groups is 1. The van der Waals surface area contributed by atoms with Crippen molar-refractivity contribution in [3.8, 4) is 11.5 Å². The Morgan fingerprint density at radius 2 is 1.65 bits per heavy atom. The highest BCUT2D eigenvalue weighted by Gasteiger charge is 2.33.